The number of hydrogen-bond acceptors (Lipinski definition) is 7. The highest BCUT2D eigenvalue weighted by atomic mass is 32.1. The molecule has 2 aromatic heterocycles. The van der Waals surface area contributed by atoms with Crippen LogP contribution in [0.4, 0.5) is 18.9 Å². The zero-order valence-electron chi connectivity index (χ0n) is 17.5. The van der Waals surface area contributed by atoms with E-state index in [-0.39, 0.29) is 27.5 Å². The third-order valence-electron chi connectivity index (χ3n) is 5.69. The first kappa shape index (κ1) is 23.3. The van der Waals surface area contributed by atoms with E-state index in [4.69, 9.17) is 4.74 Å². The molecule has 1 saturated heterocycles. The minimum absolute atomic E-state index is 0.0132. The fraction of sp³-hybridized carbons (Fsp3) is 0.318. The van der Waals surface area contributed by atoms with Gasteiger partial charge in [-0.25, -0.2) is 18.2 Å². The molecule has 3 aromatic rings. The van der Waals surface area contributed by atoms with Crippen LogP contribution in [0.1, 0.15) is 36.0 Å². The Bertz CT molecular complexity index is 1170. The topological polar surface area (TPSA) is 105 Å². The van der Waals surface area contributed by atoms with E-state index in [0.717, 1.165) is 23.5 Å². The monoisotopic (exact) mass is 479 g/mol. The summed E-state index contributed by atoms with van der Waals surface area (Å²) in [6.45, 7) is 2.78. The molecule has 1 aromatic carbocycles. The van der Waals surface area contributed by atoms with Gasteiger partial charge >= 0.3 is 0 Å². The van der Waals surface area contributed by atoms with E-state index in [1.54, 1.807) is 0 Å². The zero-order valence-corrected chi connectivity index (χ0v) is 18.3. The molecule has 1 fully saturated rings. The Kier molecular flexibility index (Phi) is 6.23. The summed E-state index contributed by atoms with van der Waals surface area (Å²) in [6.07, 6.45) is -3.25. The van der Waals surface area contributed by atoms with Gasteiger partial charge in [-0.15, -0.1) is 11.3 Å². The summed E-state index contributed by atoms with van der Waals surface area (Å²) in [5.41, 5.74) is -1.95. The lowest BCUT2D eigenvalue weighted by Gasteiger charge is -2.45. The Balaban J connectivity index is 1.59. The second-order valence-corrected chi connectivity index (χ2v) is 8.72. The van der Waals surface area contributed by atoms with Gasteiger partial charge in [-0.05, 0) is 32.0 Å². The molecule has 174 valence electrons. The van der Waals surface area contributed by atoms with E-state index in [1.807, 2.05) is 0 Å². The Morgan fingerprint density at radius 2 is 1.97 bits per heavy atom. The number of carbonyl (C=O) groups is 1. The van der Waals surface area contributed by atoms with Gasteiger partial charge in [-0.2, -0.15) is 0 Å². The summed E-state index contributed by atoms with van der Waals surface area (Å²) >= 11 is 0.890. The zero-order chi connectivity index (χ0) is 23.9. The van der Waals surface area contributed by atoms with Crippen LogP contribution in [0.3, 0.4) is 0 Å². The number of aliphatic hydroxyl groups is 2. The fourth-order valence-corrected chi connectivity index (χ4v) is 4.39. The maximum Gasteiger partial charge on any atom is 0.275 e. The smallest absolute Gasteiger partial charge is 0.275 e. The number of rotatable bonds is 4. The van der Waals surface area contributed by atoms with Crippen LogP contribution >= 0.6 is 11.3 Å². The van der Waals surface area contributed by atoms with E-state index in [2.05, 4.69) is 15.3 Å². The van der Waals surface area contributed by atoms with Crippen molar-refractivity contribution in [1.29, 1.82) is 0 Å². The molecule has 0 radical (unpaired) electrons. The van der Waals surface area contributed by atoms with Gasteiger partial charge in [0.2, 0.25) is 0 Å². The molecule has 0 aliphatic carbocycles. The van der Waals surface area contributed by atoms with Crippen LogP contribution in [0, 0.1) is 11.6 Å². The predicted octanol–water partition coefficient (Wildman–Crippen LogP) is 3.65. The number of nitrogens with one attached hydrogen (secondary N) is 1. The molecular weight excluding hydrogens is 459 g/mol. The molecule has 1 aliphatic heterocycles. The minimum Gasteiger partial charge on any atom is -0.387 e. The first-order chi connectivity index (χ1) is 15.6. The van der Waals surface area contributed by atoms with Gasteiger partial charge in [0.15, 0.2) is 6.17 Å². The lowest BCUT2D eigenvalue weighted by molar-refractivity contribution is -0.245. The number of benzene rings is 1. The fourth-order valence-electron chi connectivity index (χ4n) is 3.55. The van der Waals surface area contributed by atoms with Crippen LogP contribution in [-0.2, 0) is 4.74 Å². The van der Waals surface area contributed by atoms with Crippen molar-refractivity contribution in [2.75, 3.05) is 5.32 Å². The SMILES string of the molecule is C[C@H]1O[C@@H](c2ccncc2NC(=O)c2csc(-c3c(F)cccc3F)n2)[C@H](F)[C@@H](O)[C@]1(C)O. The van der Waals surface area contributed by atoms with Crippen LogP contribution in [0.2, 0.25) is 0 Å². The van der Waals surface area contributed by atoms with Crippen molar-refractivity contribution in [3.8, 4) is 10.6 Å². The first-order valence-electron chi connectivity index (χ1n) is 9.96. The number of halogens is 3. The highest BCUT2D eigenvalue weighted by Gasteiger charge is 2.51. The number of nitrogens with zero attached hydrogens (tertiary/aromatic N) is 2. The molecular formula is C22H20F3N3O4S. The molecule has 3 heterocycles. The third-order valence-corrected chi connectivity index (χ3v) is 6.55. The van der Waals surface area contributed by atoms with Gasteiger partial charge in [0, 0.05) is 17.1 Å². The number of alkyl halides is 1. The third kappa shape index (κ3) is 4.24. The predicted molar refractivity (Wildman–Crippen MR) is 114 cm³/mol. The molecule has 3 N–H and O–H groups in total. The molecule has 33 heavy (non-hydrogen) atoms. The highest BCUT2D eigenvalue weighted by Crippen LogP contribution is 2.41. The molecule has 11 heteroatoms. The van der Waals surface area contributed by atoms with Gasteiger partial charge in [0.05, 0.1) is 23.6 Å². The lowest BCUT2D eigenvalue weighted by Crippen LogP contribution is -2.59. The van der Waals surface area contributed by atoms with Gasteiger partial charge in [0.25, 0.3) is 5.91 Å². The Labute approximate surface area is 190 Å². The highest BCUT2D eigenvalue weighted by molar-refractivity contribution is 7.13. The van der Waals surface area contributed by atoms with Crippen molar-refractivity contribution >= 4 is 22.9 Å². The van der Waals surface area contributed by atoms with Crippen molar-refractivity contribution in [1.82, 2.24) is 9.97 Å². The molecule has 4 rings (SSSR count). The summed E-state index contributed by atoms with van der Waals surface area (Å²) in [7, 11) is 0. The molecule has 0 saturated carbocycles. The average Bonchev–Trinajstić information content (AvgIpc) is 3.25. The van der Waals surface area contributed by atoms with Gasteiger partial charge in [0.1, 0.15) is 40.1 Å². The lowest BCUT2D eigenvalue weighted by atomic mass is 9.83. The first-order valence-corrected chi connectivity index (χ1v) is 10.8. The normalized spacial score (nSPS) is 27.4. The number of hydrogen-bond donors (Lipinski definition) is 3. The minimum atomic E-state index is -1.98. The number of ether oxygens (including phenoxy) is 1. The van der Waals surface area contributed by atoms with E-state index >= 15 is 0 Å². The molecule has 0 bridgehead atoms. The van der Waals surface area contributed by atoms with E-state index < -0.39 is 47.6 Å². The molecule has 0 unspecified atom stereocenters. The van der Waals surface area contributed by atoms with Gasteiger partial charge in [-0.3, -0.25) is 9.78 Å². The molecule has 0 spiro atoms. The summed E-state index contributed by atoms with van der Waals surface area (Å²) in [4.78, 5) is 20.7. The molecule has 1 amide bonds. The van der Waals surface area contributed by atoms with Crippen LogP contribution in [0.5, 0.6) is 0 Å². The maximum absolute atomic E-state index is 15.0. The molecule has 7 nitrogen and oxygen atoms in total. The van der Waals surface area contributed by atoms with Gasteiger partial charge in [-0.1, -0.05) is 6.07 Å². The molecule has 1 aliphatic rings. The summed E-state index contributed by atoms with van der Waals surface area (Å²) in [6, 6.07) is 4.83. The summed E-state index contributed by atoms with van der Waals surface area (Å²) < 4.78 is 48.7. The van der Waals surface area contributed by atoms with E-state index in [1.165, 1.54) is 43.8 Å². The second-order valence-electron chi connectivity index (χ2n) is 7.87. The maximum atomic E-state index is 15.0. The summed E-state index contributed by atoms with van der Waals surface area (Å²) in [5.74, 6) is -2.33. The summed E-state index contributed by atoms with van der Waals surface area (Å²) in [5, 5.41) is 24.4. The largest absolute Gasteiger partial charge is 0.387 e. The van der Waals surface area contributed by atoms with E-state index in [9.17, 15) is 28.2 Å². The van der Waals surface area contributed by atoms with Crippen molar-refractivity contribution in [2.24, 2.45) is 0 Å². The number of amides is 1. The Morgan fingerprint density at radius 3 is 2.67 bits per heavy atom. The van der Waals surface area contributed by atoms with Crippen LogP contribution < -0.4 is 5.32 Å². The number of pyridine rings is 1. The number of carbonyl (C=O) groups excluding carboxylic acids is 1. The van der Waals surface area contributed by atoms with Crippen molar-refractivity contribution < 1.29 is 32.9 Å². The van der Waals surface area contributed by atoms with E-state index in [0.29, 0.717) is 0 Å². The van der Waals surface area contributed by atoms with Gasteiger partial charge < -0.3 is 20.3 Å². The van der Waals surface area contributed by atoms with Crippen LogP contribution in [0.15, 0.2) is 42.0 Å². The quantitative estimate of drug-likeness (QED) is 0.528. The second kappa shape index (κ2) is 8.82. The van der Waals surface area contributed by atoms with Crippen molar-refractivity contribution in [2.45, 2.75) is 43.9 Å². The molecule has 5 atom stereocenters. The van der Waals surface area contributed by atoms with Crippen molar-refractivity contribution in [3.05, 3.63) is 64.9 Å². The standard InChI is InChI=1S/C22H20F3N3O4S/c1-10-22(2,31)19(29)17(25)18(32-10)11-6-7-26-8-14(11)27-20(30)15-9-33-21(28-15)16-12(23)4-3-5-13(16)24/h3-10,17-19,29,31H,1-2H3,(H,27,30)/t10-,17+,18+,19-,22-/m1/s1. The number of anilines is 1. The number of aromatic nitrogens is 2. The van der Waals surface area contributed by atoms with Crippen LogP contribution in [0.25, 0.3) is 10.6 Å². The van der Waals surface area contributed by atoms with Crippen molar-refractivity contribution in [3.63, 3.8) is 0 Å². The Morgan fingerprint density at radius 1 is 1.27 bits per heavy atom. The Hall–Kier alpha value is -2.86. The number of thiazole rings is 1. The number of aliphatic hydroxyl groups excluding tert-OH is 1. The van der Waals surface area contributed by atoms with Crippen LogP contribution in [-0.4, -0.2) is 50.1 Å². The average molecular weight is 479 g/mol.